The van der Waals surface area contributed by atoms with E-state index in [9.17, 15) is 14.4 Å². The Morgan fingerprint density at radius 2 is 2.17 bits per heavy atom. The molecule has 2 rings (SSSR count). The molecule has 0 spiro atoms. The van der Waals surface area contributed by atoms with E-state index in [0.29, 0.717) is 19.5 Å². The average molecular weight is 256 g/mol. The van der Waals surface area contributed by atoms with Crippen LogP contribution in [-0.2, 0) is 19.1 Å². The van der Waals surface area contributed by atoms with Gasteiger partial charge < -0.3 is 19.6 Å². The minimum absolute atomic E-state index is 0.00797. The first-order valence-corrected chi connectivity index (χ1v) is 5.98. The number of carboxylic acids is 1. The number of carboxylic acid groups (broad SMARTS) is 1. The van der Waals surface area contributed by atoms with Crippen molar-refractivity contribution in [3.05, 3.63) is 0 Å². The first-order valence-electron chi connectivity index (χ1n) is 5.98. The van der Waals surface area contributed by atoms with Crippen molar-refractivity contribution in [1.82, 2.24) is 9.80 Å². The summed E-state index contributed by atoms with van der Waals surface area (Å²) in [6.45, 7) is 1.31. The Balaban J connectivity index is 1.88. The van der Waals surface area contributed by atoms with Gasteiger partial charge in [-0.2, -0.15) is 0 Å². The van der Waals surface area contributed by atoms with Gasteiger partial charge in [-0.3, -0.25) is 9.59 Å². The average Bonchev–Trinajstić information content (AvgIpc) is 2.75. The van der Waals surface area contributed by atoms with Crippen LogP contribution >= 0.6 is 0 Å². The molecule has 7 heteroatoms. The zero-order valence-corrected chi connectivity index (χ0v) is 10.0. The van der Waals surface area contributed by atoms with Crippen molar-refractivity contribution in [2.75, 3.05) is 32.8 Å². The van der Waals surface area contributed by atoms with Crippen molar-refractivity contribution in [2.24, 2.45) is 0 Å². The summed E-state index contributed by atoms with van der Waals surface area (Å²) in [5.74, 6) is -1.28. The van der Waals surface area contributed by atoms with Crippen LogP contribution in [0.5, 0.6) is 0 Å². The molecule has 0 radical (unpaired) electrons. The predicted octanol–water partition coefficient (Wildman–Crippen LogP) is -1.08. The Kier molecular flexibility index (Phi) is 3.81. The highest BCUT2D eigenvalue weighted by atomic mass is 16.5. The number of carbonyl (C=O) groups excluding carboxylic acids is 2. The molecule has 1 N–H and O–H groups in total. The molecule has 2 aliphatic heterocycles. The number of rotatable bonds is 3. The SMILES string of the molecule is O=C(O)C1CN(C(=O)CN2CCCC2=O)CCO1. The third kappa shape index (κ3) is 2.79. The van der Waals surface area contributed by atoms with Gasteiger partial charge in [0.1, 0.15) is 0 Å². The first kappa shape index (κ1) is 12.8. The highest BCUT2D eigenvalue weighted by molar-refractivity contribution is 5.86. The fourth-order valence-corrected chi connectivity index (χ4v) is 2.16. The lowest BCUT2D eigenvalue weighted by Crippen LogP contribution is -2.51. The third-order valence-electron chi connectivity index (χ3n) is 3.19. The van der Waals surface area contributed by atoms with Crippen molar-refractivity contribution in [3.63, 3.8) is 0 Å². The maximum absolute atomic E-state index is 12.0. The molecule has 0 aliphatic carbocycles. The van der Waals surface area contributed by atoms with Gasteiger partial charge >= 0.3 is 5.97 Å². The molecule has 1 unspecified atom stereocenters. The van der Waals surface area contributed by atoms with Crippen LogP contribution in [0.3, 0.4) is 0 Å². The second-order valence-corrected chi connectivity index (χ2v) is 4.46. The van der Waals surface area contributed by atoms with Gasteiger partial charge in [-0.05, 0) is 6.42 Å². The van der Waals surface area contributed by atoms with Crippen LogP contribution in [0, 0.1) is 0 Å². The fourth-order valence-electron chi connectivity index (χ4n) is 2.16. The smallest absolute Gasteiger partial charge is 0.334 e. The number of nitrogens with zero attached hydrogens (tertiary/aromatic N) is 2. The number of ether oxygens (including phenoxy) is 1. The van der Waals surface area contributed by atoms with Gasteiger partial charge in [-0.25, -0.2) is 4.79 Å². The maximum atomic E-state index is 12.0. The Bertz CT molecular complexity index is 370. The van der Waals surface area contributed by atoms with Crippen molar-refractivity contribution < 1.29 is 24.2 Å². The molecule has 18 heavy (non-hydrogen) atoms. The molecule has 1 atom stereocenters. The van der Waals surface area contributed by atoms with Crippen molar-refractivity contribution >= 4 is 17.8 Å². The van der Waals surface area contributed by atoms with Gasteiger partial charge in [-0.15, -0.1) is 0 Å². The standard InChI is InChI=1S/C11H16N2O5/c14-9-2-1-3-12(9)7-10(15)13-4-5-18-8(6-13)11(16)17/h8H,1-7H2,(H,16,17). The summed E-state index contributed by atoms with van der Waals surface area (Å²) in [6, 6.07) is 0. The number of carbonyl (C=O) groups is 3. The summed E-state index contributed by atoms with van der Waals surface area (Å²) in [5.41, 5.74) is 0. The van der Waals surface area contributed by atoms with E-state index in [1.54, 1.807) is 0 Å². The van der Waals surface area contributed by atoms with Gasteiger partial charge in [0, 0.05) is 19.5 Å². The lowest BCUT2D eigenvalue weighted by Gasteiger charge is -2.32. The minimum Gasteiger partial charge on any atom is -0.479 e. The Hall–Kier alpha value is -1.63. The van der Waals surface area contributed by atoms with E-state index >= 15 is 0 Å². The molecule has 0 saturated carbocycles. The zero-order valence-electron chi connectivity index (χ0n) is 10.0. The quantitative estimate of drug-likeness (QED) is 0.694. The van der Waals surface area contributed by atoms with Gasteiger partial charge in [0.25, 0.3) is 0 Å². The topological polar surface area (TPSA) is 87.2 Å². The summed E-state index contributed by atoms with van der Waals surface area (Å²) in [5, 5.41) is 8.84. The maximum Gasteiger partial charge on any atom is 0.334 e. The largest absolute Gasteiger partial charge is 0.479 e. The minimum atomic E-state index is -1.07. The second-order valence-electron chi connectivity index (χ2n) is 4.46. The molecule has 100 valence electrons. The van der Waals surface area contributed by atoms with Crippen molar-refractivity contribution in [1.29, 1.82) is 0 Å². The molecule has 0 aromatic carbocycles. The molecular weight excluding hydrogens is 240 g/mol. The van der Waals surface area contributed by atoms with Crippen LogP contribution in [0.1, 0.15) is 12.8 Å². The molecule has 0 aromatic rings. The number of hydrogen-bond donors (Lipinski definition) is 1. The monoisotopic (exact) mass is 256 g/mol. The molecular formula is C11H16N2O5. The summed E-state index contributed by atoms with van der Waals surface area (Å²) in [4.78, 5) is 37.1. The number of hydrogen-bond acceptors (Lipinski definition) is 4. The van der Waals surface area contributed by atoms with Crippen LogP contribution in [0.2, 0.25) is 0 Å². The second kappa shape index (κ2) is 5.34. The molecule has 2 saturated heterocycles. The highest BCUT2D eigenvalue weighted by Gasteiger charge is 2.31. The summed E-state index contributed by atoms with van der Waals surface area (Å²) in [7, 11) is 0. The van der Waals surface area contributed by atoms with Crippen LogP contribution in [-0.4, -0.2) is 71.6 Å². The Morgan fingerprint density at radius 3 is 2.78 bits per heavy atom. The van der Waals surface area contributed by atoms with Crippen LogP contribution in [0.25, 0.3) is 0 Å². The lowest BCUT2D eigenvalue weighted by molar-refractivity contribution is -0.160. The molecule has 2 fully saturated rings. The van der Waals surface area contributed by atoms with E-state index in [2.05, 4.69) is 0 Å². The molecule has 0 aromatic heterocycles. The number of likely N-dealkylation sites (tertiary alicyclic amines) is 1. The summed E-state index contributed by atoms with van der Waals surface area (Å²) in [6.07, 6.45) is 0.318. The van der Waals surface area contributed by atoms with Crippen molar-refractivity contribution in [2.45, 2.75) is 18.9 Å². The predicted molar refractivity (Wildman–Crippen MR) is 59.8 cm³/mol. The number of amides is 2. The zero-order chi connectivity index (χ0) is 13.1. The van der Waals surface area contributed by atoms with E-state index in [1.165, 1.54) is 9.80 Å². The van der Waals surface area contributed by atoms with Gasteiger partial charge in [-0.1, -0.05) is 0 Å². The Morgan fingerprint density at radius 1 is 1.39 bits per heavy atom. The highest BCUT2D eigenvalue weighted by Crippen LogP contribution is 2.11. The lowest BCUT2D eigenvalue weighted by atomic mass is 10.2. The van der Waals surface area contributed by atoms with E-state index in [1.807, 2.05) is 0 Å². The van der Waals surface area contributed by atoms with Gasteiger partial charge in [0.05, 0.1) is 19.7 Å². The first-order chi connectivity index (χ1) is 8.58. The molecule has 0 bridgehead atoms. The molecule has 7 nitrogen and oxygen atoms in total. The van der Waals surface area contributed by atoms with Gasteiger partial charge in [0.15, 0.2) is 6.10 Å². The summed E-state index contributed by atoms with van der Waals surface area (Å²) < 4.78 is 5.04. The van der Waals surface area contributed by atoms with Crippen LogP contribution in [0.4, 0.5) is 0 Å². The molecule has 2 amide bonds. The fraction of sp³-hybridized carbons (Fsp3) is 0.727. The summed E-state index contributed by atoms with van der Waals surface area (Å²) >= 11 is 0. The molecule has 2 heterocycles. The Labute approximate surface area is 104 Å². The molecule has 2 aliphatic rings. The van der Waals surface area contributed by atoms with Crippen molar-refractivity contribution in [3.8, 4) is 0 Å². The van der Waals surface area contributed by atoms with Gasteiger partial charge in [0.2, 0.25) is 11.8 Å². The van der Waals surface area contributed by atoms with Crippen LogP contribution < -0.4 is 0 Å². The van der Waals surface area contributed by atoms with Crippen LogP contribution in [0.15, 0.2) is 0 Å². The normalized spacial score (nSPS) is 24.4. The van der Waals surface area contributed by atoms with E-state index in [4.69, 9.17) is 9.84 Å². The number of morpholine rings is 1. The number of aliphatic carboxylic acids is 1. The van der Waals surface area contributed by atoms with E-state index in [0.717, 1.165) is 6.42 Å². The van der Waals surface area contributed by atoms with E-state index < -0.39 is 12.1 Å². The third-order valence-corrected chi connectivity index (χ3v) is 3.19. The van der Waals surface area contributed by atoms with E-state index in [-0.39, 0.29) is 31.5 Å².